The third kappa shape index (κ3) is 6.03. The molecule has 2 saturated heterocycles. The van der Waals surface area contributed by atoms with Crippen molar-refractivity contribution >= 4 is 17.3 Å². The molecule has 5 heterocycles. The molecule has 2 aromatic carbocycles. The van der Waals surface area contributed by atoms with E-state index in [1.165, 1.54) is 12.3 Å². The molecule has 1 N–H and O–H groups in total. The van der Waals surface area contributed by atoms with Crippen LogP contribution in [0.5, 0.6) is 11.5 Å². The van der Waals surface area contributed by atoms with Gasteiger partial charge in [-0.2, -0.15) is 23.5 Å². The van der Waals surface area contributed by atoms with Gasteiger partial charge < -0.3 is 14.4 Å². The van der Waals surface area contributed by atoms with E-state index in [4.69, 9.17) is 26.1 Å². The van der Waals surface area contributed by atoms with Crippen molar-refractivity contribution in [2.75, 3.05) is 31.1 Å². The zero-order chi connectivity index (χ0) is 33.8. The quantitative estimate of drug-likeness (QED) is 0.210. The number of nitriles is 1. The molecule has 0 aliphatic carbocycles. The normalized spacial score (nSPS) is 23.1. The van der Waals surface area contributed by atoms with Gasteiger partial charge in [-0.15, -0.1) is 0 Å². The molecular weight excluding hydrogens is 650 g/mol. The second-order valence-corrected chi connectivity index (χ2v) is 13.5. The average molecular weight is 682 g/mol. The molecule has 3 aliphatic heterocycles. The van der Waals surface area contributed by atoms with E-state index in [0.717, 1.165) is 42.9 Å². The van der Waals surface area contributed by atoms with Crippen LogP contribution in [0.15, 0.2) is 48.7 Å². The first kappa shape index (κ1) is 32.2. The lowest BCUT2D eigenvalue weighted by Crippen LogP contribution is -2.34. The molecular formula is C34H32ClF4N7O2. The van der Waals surface area contributed by atoms with Gasteiger partial charge in [0, 0.05) is 48.9 Å². The van der Waals surface area contributed by atoms with Crippen molar-refractivity contribution in [3.63, 3.8) is 0 Å². The first-order chi connectivity index (χ1) is 22.8. The van der Waals surface area contributed by atoms with E-state index < -0.39 is 29.0 Å². The molecule has 2 atom stereocenters. The number of fused-ring (bicyclic) bond motifs is 1. The molecule has 0 amide bonds. The van der Waals surface area contributed by atoms with Crippen LogP contribution in [-0.4, -0.2) is 51.2 Å². The van der Waals surface area contributed by atoms with Crippen LogP contribution in [0.3, 0.4) is 0 Å². The molecule has 14 heteroatoms. The fourth-order valence-electron chi connectivity index (χ4n) is 6.83. The summed E-state index contributed by atoms with van der Waals surface area (Å²) in [5, 5.41) is 15.8. The third-order valence-electron chi connectivity index (χ3n) is 9.48. The molecule has 7 rings (SSSR count). The van der Waals surface area contributed by atoms with Crippen LogP contribution in [0.4, 0.5) is 23.2 Å². The van der Waals surface area contributed by atoms with E-state index in [1.807, 2.05) is 30.2 Å². The summed E-state index contributed by atoms with van der Waals surface area (Å²) in [5.74, 6) is -1.76. The number of halogens is 5. The minimum Gasteiger partial charge on any atom is -0.444 e. The van der Waals surface area contributed by atoms with Crippen molar-refractivity contribution in [1.29, 1.82) is 5.26 Å². The summed E-state index contributed by atoms with van der Waals surface area (Å²) in [5.41, 5.74) is 2.60. The maximum absolute atomic E-state index is 14.9. The van der Waals surface area contributed by atoms with E-state index in [2.05, 4.69) is 26.0 Å². The summed E-state index contributed by atoms with van der Waals surface area (Å²) in [6, 6.07) is 14.4. The number of aromatic nitrogens is 4. The summed E-state index contributed by atoms with van der Waals surface area (Å²) in [6.07, 6.45) is -0.835. The van der Waals surface area contributed by atoms with Gasteiger partial charge in [0.2, 0.25) is 5.82 Å². The monoisotopic (exact) mass is 681 g/mol. The zero-order valence-corrected chi connectivity index (χ0v) is 27.0. The minimum absolute atomic E-state index is 0.0952. The minimum atomic E-state index is -4.65. The molecule has 48 heavy (non-hydrogen) atoms. The highest BCUT2D eigenvalue weighted by Gasteiger charge is 2.43. The lowest BCUT2D eigenvalue weighted by Gasteiger charge is -2.33. The summed E-state index contributed by atoms with van der Waals surface area (Å²) >= 11 is 5.97. The Bertz CT molecular complexity index is 1900. The van der Waals surface area contributed by atoms with Crippen LogP contribution in [0.2, 0.25) is 5.02 Å². The van der Waals surface area contributed by atoms with Crippen LogP contribution < -0.4 is 14.4 Å². The number of rotatable bonds is 6. The standard InChI is InChI=1S/C34H32ClF4N7O2/c1-32(18-40)10-13-46(19-32)27-14-21(30-42-31(44-43-30)34(37,38)39)16-41-26(27)17-45-11-8-20(9-12-45)23-4-3-5-28-29(23)48-33(2,47-28)24-7-6-22(35)15-25(24)36/h3-7,14-16,20H,8-13,17,19H2,1-2H3,(H,42,43,44)/t32?,33-/m0/s1. The summed E-state index contributed by atoms with van der Waals surface area (Å²) in [6.45, 7) is 6.73. The molecule has 0 spiro atoms. The van der Waals surface area contributed by atoms with Gasteiger partial charge in [-0.3, -0.25) is 15.0 Å². The number of piperidine rings is 1. The number of nitrogens with one attached hydrogen (secondary N) is 1. The highest BCUT2D eigenvalue weighted by molar-refractivity contribution is 6.30. The van der Waals surface area contributed by atoms with Crippen molar-refractivity contribution in [2.24, 2.45) is 5.41 Å². The third-order valence-corrected chi connectivity index (χ3v) is 9.71. The number of pyridine rings is 1. The van der Waals surface area contributed by atoms with Gasteiger partial charge in [-0.25, -0.2) is 9.37 Å². The number of benzene rings is 2. The molecule has 250 valence electrons. The van der Waals surface area contributed by atoms with Gasteiger partial charge in [0.15, 0.2) is 17.3 Å². The largest absolute Gasteiger partial charge is 0.451 e. The number of nitrogens with zero attached hydrogens (tertiary/aromatic N) is 6. The van der Waals surface area contributed by atoms with Crippen LogP contribution in [0.1, 0.15) is 61.7 Å². The fourth-order valence-corrected chi connectivity index (χ4v) is 6.98. The van der Waals surface area contributed by atoms with Gasteiger partial charge >= 0.3 is 6.18 Å². The van der Waals surface area contributed by atoms with Gasteiger partial charge in [0.25, 0.3) is 5.79 Å². The van der Waals surface area contributed by atoms with E-state index in [9.17, 15) is 22.8 Å². The van der Waals surface area contributed by atoms with Crippen LogP contribution in [0.25, 0.3) is 11.4 Å². The Kier molecular flexibility index (Phi) is 7.99. The fraction of sp³-hybridized carbons (Fsp3) is 0.412. The van der Waals surface area contributed by atoms with Gasteiger partial charge in [-0.05, 0) is 75.5 Å². The Morgan fingerprint density at radius 3 is 2.58 bits per heavy atom. The SMILES string of the molecule is CC1(C#N)CCN(c2cc(-c3n[nH]c(C(F)(F)F)n3)cnc2CN2CCC(c3cccc4c3O[C@@](C)(c3ccc(Cl)cc3F)O4)CC2)C1. The number of hydrogen-bond donors (Lipinski definition) is 1. The zero-order valence-electron chi connectivity index (χ0n) is 26.2. The van der Waals surface area contributed by atoms with Gasteiger partial charge in [-0.1, -0.05) is 23.7 Å². The van der Waals surface area contributed by atoms with Crippen molar-refractivity contribution in [2.45, 2.75) is 57.5 Å². The molecule has 0 bridgehead atoms. The number of likely N-dealkylation sites (tertiary alicyclic amines) is 1. The summed E-state index contributed by atoms with van der Waals surface area (Å²) < 4.78 is 67.0. The summed E-state index contributed by atoms with van der Waals surface area (Å²) in [4.78, 5) is 12.7. The van der Waals surface area contributed by atoms with Crippen LogP contribution >= 0.6 is 11.6 Å². The number of para-hydroxylation sites is 1. The average Bonchev–Trinajstić information content (AvgIpc) is 3.79. The number of alkyl halides is 3. The first-order valence-corrected chi connectivity index (χ1v) is 16.1. The highest BCUT2D eigenvalue weighted by atomic mass is 35.5. The Morgan fingerprint density at radius 2 is 1.90 bits per heavy atom. The lowest BCUT2D eigenvalue weighted by atomic mass is 9.88. The molecule has 4 aromatic rings. The second-order valence-electron chi connectivity index (χ2n) is 13.0. The maximum atomic E-state index is 14.9. The summed E-state index contributed by atoms with van der Waals surface area (Å²) in [7, 11) is 0. The van der Waals surface area contributed by atoms with Crippen molar-refractivity contribution < 1.29 is 27.0 Å². The van der Waals surface area contributed by atoms with E-state index in [-0.39, 0.29) is 22.3 Å². The molecule has 9 nitrogen and oxygen atoms in total. The molecule has 0 saturated carbocycles. The van der Waals surface area contributed by atoms with Gasteiger partial charge in [0.1, 0.15) is 5.82 Å². The molecule has 1 unspecified atom stereocenters. The van der Waals surface area contributed by atoms with E-state index in [0.29, 0.717) is 43.1 Å². The van der Waals surface area contributed by atoms with Crippen molar-refractivity contribution in [1.82, 2.24) is 25.1 Å². The highest BCUT2D eigenvalue weighted by Crippen LogP contribution is 2.50. The lowest BCUT2D eigenvalue weighted by molar-refractivity contribution is -0.144. The van der Waals surface area contributed by atoms with Crippen molar-refractivity contribution in [3.05, 3.63) is 82.1 Å². The number of ether oxygens (including phenoxy) is 2. The van der Waals surface area contributed by atoms with E-state index >= 15 is 0 Å². The smallest absolute Gasteiger partial charge is 0.444 e. The Balaban J connectivity index is 1.08. The number of aromatic amines is 1. The Morgan fingerprint density at radius 1 is 1.10 bits per heavy atom. The van der Waals surface area contributed by atoms with Crippen LogP contribution in [0, 0.1) is 22.6 Å². The first-order valence-electron chi connectivity index (χ1n) is 15.7. The number of hydrogen-bond acceptors (Lipinski definition) is 8. The predicted octanol–water partition coefficient (Wildman–Crippen LogP) is 7.44. The van der Waals surface area contributed by atoms with E-state index in [1.54, 1.807) is 25.1 Å². The molecule has 0 radical (unpaired) electrons. The number of H-pyrrole nitrogens is 1. The Labute approximate surface area is 279 Å². The van der Waals surface area contributed by atoms with Gasteiger partial charge in [0.05, 0.1) is 28.4 Å². The maximum Gasteiger partial charge on any atom is 0.451 e. The number of anilines is 1. The second kappa shape index (κ2) is 11.9. The molecule has 2 fully saturated rings. The molecule has 2 aromatic heterocycles. The molecule has 3 aliphatic rings. The topological polar surface area (TPSA) is 103 Å². The van der Waals surface area contributed by atoms with Crippen molar-refractivity contribution in [3.8, 4) is 29.0 Å². The predicted molar refractivity (Wildman–Crippen MR) is 169 cm³/mol. The van der Waals surface area contributed by atoms with Crippen LogP contribution in [-0.2, 0) is 18.5 Å². The Hall–Kier alpha value is -4.41.